The van der Waals surface area contributed by atoms with E-state index in [9.17, 15) is 0 Å². The summed E-state index contributed by atoms with van der Waals surface area (Å²) in [7, 11) is 0. The van der Waals surface area contributed by atoms with E-state index in [-0.39, 0.29) is 5.54 Å². The lowest BCUT2D eigenvalue weighted by Crippen LogP contribution is -2.56. The van der Waals surface area contributed by atoms with Gasteiger partial charge >= 0.3 is 0 Å². The van der Waals surface area contributed by atoms with Crippen molar-refractivity contribution < 1.29 is 9.47 Å². The third-order valence-corrected chi connectivity index (χ3v) is 4.19. The Morgan fingerprint density at radius 1 is 0.800 bits per heavy atom. The van der Waals surface area contributed by atoms with Crippen molar-refractivity contribution in [2.75, 3.05) is 13.2 Å². The lowest BCUT2D eigenvalue weighted by atomic mass is 9.93. The second-order valence-corrected chi connectivity index (χ2v) is 6.92. The summed E-state index contributed by atoms with van der Waals surface area (Å²) >= 11 is 0. The highest BCUT2D eigenvalue weighted by Gasteiger charge is 2.36. The molecular weight excluding hydrogens is 250 g/mol. The van der Waals surface area contributed by atoms with Gasteiger partial charge in [-0.1, -0.05) is 64.7 Å². The molecule has 0 aromatic heterocycles. The van der Waals surface area contributed by atoms with Gasteiger partial charge in [0.2, 0.25) is 0 Å². The maximum Gasteiger partial charge on any atom is 0.162 e. The Morgan fingerprint density at radius 2 is 1.25 bits per heavy atom. The van der Waals surface area contributed by atoms with E-state index in [4.69, 9.17) is 15.2 Å². The van der Waals surface area contributed by atoms with Crippen LogP contribution in [0.1, 0.15) is 85.0 Å². The van der Waals surface area contributed by atoms with E-state index in [2.05, 4.69) is 6.92 Å². The predicted molar refractivity (Wildman–Crippen MR) is 84.7 cm³/mol. The Kier molecular flexibility index (Phi) is 8.08. The average molecular weight is 285 g/mol. The summed E-state index contributed by atoms with van der Waals surface area (Å²) in [6.07, 6.45) is 13.2. The SMILES string of the molecule is CCCCCCCCCCCC1(N)COC(C)(C)OC1. The molecule has 0 amide bonds. The van der Waals surface area contributed by atoms with Crippen LogP contribution in [0.25, 0.3) is 0 Å². The monoisotopic (exact) mass is 285 g/mol. The van der Waals surface area contributed by atoms with Crippen molar-refractivity contribution in [1.82, 2.24) is 0 Å². The quantitative estimate of drug-likeness (QED) is 0.605. The smallest absolute Gasteiger partial charge is 0.162 e. The fraction of sp³-hybridized carbons (Fsp3) is 1.00. The molecule has 0 radical (unpaired) electrons. The second-order valence-electron chi connectivity index (χ2n) is 6.92. The van der Waals surface area contributed by atoms with Gasteiger partial charge < -0.3 is 15.2 Å². The maximum atomic E-state index is 6.33. The molecule has 120 valence electrons. The lowest BCUT2D eigenvalue weighted by molar-refractivity contribution is -0.267. The fourth-order valence-corrected chi connectivity index (χ4v) is 2.65. The van der Waals surface area contributed by atoms with Gasteiger partial charge in [-0.15, -0.1) is 0 Å². The van der Waals surface area contributed by atoms with Crippen LogP contribution in [0.2, 0.25) is 0 Å². The van der Waals surface area contributed by atoms with Crippen LogP contribution in [0, 0.1) is 0 Å². The molecule has 1 rings (SSSR count). The van der Waals surface area contributed by atoms with Crippen LogP contribution in [-0.4, -0.2) is 24.5 Å². The summed E-state index contributed by atoms with van der Waals surface area (Å²) in [6, 6.07) is 0. The van der Waals surface area contributed by atoms with Crippen LogP contribution in [0.5, 0.6) is 0 Å². The molecule has 3 nitrogen and oxygen atoms in total. The molecule has 3 heteroatoms. The summed E-state index contributed by atoms with van der Waals surface area (Å²) < 4.78 is 11.3. The Balaban J connectivity index is 1.96. The van der Waals surface area contributed by atoms with Gasteiger partial charge in [0.15, 0.2) is 5.79 Å². The molecule has 1 fully saturated rings. The number of ether oxygens (including phenoxy) is 2. The first kappa shape index (κ1) is 17.9. The Labute approximate surface area is 125 Å². The maximum absolute atomic E-state index is 6.33. The highest BCUT2D eigenvalue weighted by atomic mass is 16.7. The van der Waals surface area contributed by atoms with Gasteiger partial charge in [0.25, 0.3) is 0 Å². The van der Waals surface area contributed by atoms with Crippen molar-refractivity contribution in [1.29, 1.82) is 0 Å². The summed E-state index contributed by atoms with van der Waals surface area (Å²) in [5.41, 5.74) is 6.06. The molecule has 1 saturated heterocycles. The Bertz CT molecular complexity index is 243. The van der Waals surface area contributed by atoms with Crippen molar-refractivity contribution in [3.63, 3.8) is 0 Å². The third-order valence-electron chi connectivity index (χ3n) is 4.19. The van der Waals surface area contributed by atoms with E-state index in [0.29, 0.717) is 13.2 Å². The minimum atomic E-state index is -0.457. The first-order chi connectivity index (χ1) is 9.47. The molecule has 1 heterocycles. The Hall–Kier alpha value is -0.120. The first-order valence-corrected chi connectivity index (χ1v) is 8.54. The van der Waals surface area contributed by atoms with E-state index in [1.165, 1.54) is 57.8 Å². The number of hydrogen-bond acceptors (Lipinski definition) is 3. The van der Waals surface area contributed by atoms with Gasteiger partial charge in [0.1, 0.15) is 0 Å². The van der Waals surface area contributed by atoms with E-state index < -0.39 is 5.79 Å². The highest BCUT2D eigenvalue weighted by Crippen LogP contribution is 2.25. The topological polar surface area (TPSA) is 44.5 Å². The summed E-state index contributed by atoms with van der Waals surface area (Å²) in [5.74, 6) is -0.457. The zero-order valence-corrected chi connectivity index (χ0v) is 13.9. The zero-order chi connectivity index (χ0) is 14.9. The van der Waals surface area contributed by atoms with E-state index >= 15 is 0 Å². The number of rotatable bonds is 10. The largest absolute Gasteiger partial charge is 0.349 e. The van der Waals surface area contributed by atoms with E-state index in [1.807, 2.05) is 13.8 Å². The normalized spacial score (nSPS) is 21.0. The van der Waals surface area contributed by atoms with Gasteiger partial charge in [-0.25, -0.2) is 0 Å². The predicted octanol–water partition coefficient (Wildman–Crippen LogP) is 4.39. The molecule has 0 bridgehead atoms. The fourth-order valence-electron chi connectivity index (χ4n) is 2.65. The van der Waals surface area contributed by atoms with Crippen LogP contribution in [0.4, 0.5) is 0 Å². The van der Waals surface area contributed by atoms with Gasteiger partial charge in [-0.2, -0.15) is 0 Å². The second kappa shape index (κ2) is 9.01. The molecule has 0 aliphatic carbocycles. The van der Waals surface area contributed by atoms with Gasteiger partial charge in [-0.3, -0.25) is 0 Å². The van der Waals surface area contributed by atoms with Crippen LogP contribution in [0.15, 0.2) is 0 Å². The molecule has 2 N–H and O–H groups in total. The number of unbranched alkanes of at least 4 members (excludes halogenated alkanes) is 8. The minimum absolute atomic E-state index is 0.267. The van der Waals surface area contributed by atoms with Crippen molar-refractivity contribution in [3.05, 3.63) is 0 Å². The molecule has 0 atom stereocenters. The van der Waals surface area contributed by atoms with Crippen LogP contribution in [-0.2, 0) is 9.47 Å². The minimum Gasteiger partial charge on any atom is -0.349 e. The number of nitrogens with two attached hydrogens (primary N) is 1. The first-order valence-electron chi connectivity index (χ1n) is 8.54. The summed E-state index contributed by atoms with van der Waals surface area (Å²) in [4.78, 5) is 0. The molecule has 20 heavy (non-hydrogen) atoms. The third kappa shape index (κ3) is 7.61. The van der Waals surface area contributed by atoms with Crippen LogP contribution < -0.4 is 5.73 Å². The number of hydrogen-bond donors (Lipinski definition) is 1. The van der Waals surface area contributed by atoms with Crippen LogP contribution in [0.3, 0.4) is 0 Å². The molecule has 0 unspecified atom stereocenters. The molecule has 0 saturated carbocycles. The highest BCUT2D eigenvalue weighted by molar-refractivity contribution is 4.87. The van der Waals surface area contributed by atoms with Gasteiger partial charge in [0.05, 0.1) is 18.8 Å². The summed E-state index contributed by atoms with van der Waals surface area (Å²) in [5, 5.41) is 0. The molecule has 1 aliphatic heterocycles. The molecular formula is C17H35NO2. The standard InChI is InChI=1S/C17H35NO2/c1-4-5-6-7-8-9-10-11-12-13-17(18)14-19-16(2,3)20-15-17/h4-15,18H2,1-3H3. The van der Waals surface area contributed by atoms with Crippen LogP contribution >= 0.6 is 0 Å². The van der Waals surface area contributed by atoms with E-state index in [0.717, 1.165) is 6.42 Å². The van der Waals surface area contributed by atoms with Crippen molar-refractivity contribution in [2.24, 2.45) is 5.73 Å². The van der Waals surface area contributed by atoms with E-state index in [1.54, 1.807) is 0 Å². The molecule has 0 aromatic carbocycles. The van der Waals surface area contributed by atoms with Crippen molar-refractivity contribution in [2.45, 2.75) is 96.3 Å². The average Bonchev–Trinajstić information content (AvgIpc) is 2.41. The zero-order valence-electron chi connectivity index (χ0n) is 13.9. The lowest BCUT2D eigenvalue weighted by Gasteiger charge is -2.41. The van der Waals surface area contributed by atoms with Crippen molar-refractivity contribution >= 4 is 0 Å². The molecule has 0 aromatic rings. The van der Waals surface area contributed by atoms with Crippen molar-refractivity contribution in [3.8, 4) is 0 Å². The van der Waals surface area contributed by atoms with Gasteiger partial charge in [0, 0.05) is 0 Å². The summed E-state index contributed by atoms with van der Waals surface area (Å²) in [6.45, 7) is 7.41. The molecule has 1 aliphatic rings. The molecule has 0 spiro atoms. The Morgan fingerprint density at radius 3 is 1.75 bits per heavy atom. The van der Waals surface area contributed by atoms with Gasteiger partial charge in [-0.05, 0) is 20.3 Å².